The molecule has 3 rings (SSSR count). The van der Waals surface area contributed by atoms with Crippen molar-refractivity contribution in [2.75, 3.05) is 20.1 Å². The van der Waals surface area contributed by atoms with Crippen molar-refractivity contribution < 1.29 is 14.0 Å². The van der Waals surface area contributed by atoms with Gasteiger partial charge in [-0.05, 0) is 37.5 Å². The largest absolute Gasteiger partial charge is 0.459 e. The van der Waals surface area contributed by atoms with Gasteiger partial charge in [-0.25, -0.2) is 0 Å². The normalized spacial score (nSPS) is 17.4. The Morgan fingerprint density at radius 1 is 1.24 bits per heavy atom. The Kier molecular flexibility index (Phi) is 5.22. The van der Waals surface area contributed by atoms with Crippen LogP contribution in [0.3, 0.4) is 0 Å². The summed E-state index contributed by atoms with van der Waals surface area (Å²) in [4.78, 5) is 28.7. The molecule has 0 aliphatic carbocycles. The van der Waals surface area contributed by atoms with Crippen LogP contribution >= 0.6 is 0 Å². The van der Waals surface area contributed by atoms with Crippen LogP contribution in [0.2, 0.25) is 0 Å². The number of rotatable bonds is 4. The first-order valence-electron chi connectivity index (χ1n) is 8.68. The van der Waals surface area contributed by atoms with Crippen LogP contribution in [0.5, 0.6) is 0 Å². The predicted octanol–water partition coefficient (Wildman–Crippen LogP) is 3.10. The van der Waals surface area contributed by atoms with Gasteiger partial charge < -0.3 is 14.2 Å². The van der Waals surface area contributed by atoms with E-state index in [0.29, 0.717) is 25.4 Å². The van der Waals surface area contributed by atoms with Crippen LogP contribution in [0.4, 0.5) is 0 Å². The number of furan rings is 1. The van der Waals surface area contributed by atoms with Crippen LogP contribution in [0, 0.1) is 12.8 Å². The molecule has 2 aromatic rings. The average Bonchev–Trinajstić information content (AvgIpc) is 3.17. The molecule has 0 saturated carbocycles. The van der Waals surface area contributed by atoms with Crippen LogP contribution in [0.25, 0.3) is 0 Å². The molecule has 5 heteroatoms. The van der Waals surface area contributed by atoms with E-state index in [1.807, 2.05) is 26.1 Å². The van der Waals surface area contributed by atoms with E-state index in [1.165, 1.54) is 11.8 Å². The summed E-state index contributed by atoms with van der Waals surface area (Å²) in [7, 11) is 1.83. The Bertz CT molecular complexity index is 722. The lowest BCUT2D eigenvalue weighted by atomic mass is 9.96. The number of amides is 2. The molecule has 132 valence electrons. The van der Waals surface area contributed by atoms with Crippen LogP contribution < -0.4 is 0 Å². The van der Waals surface area contributed by atoms with E-state index in [4.69, 9.17) is 4.42 Å². The fourth-order valence-corrected chi connectivity index (χ4v) is 3.28. The summed E-state index contributed by atoms with van der Waals surface area (Å²) in [5, 5.41) is 0. The van der Waals surface area contributed by atoms with E-state index in [1.54, 1.807) is 21.9 Å². The van der Waals surface area contributed by atoms with Gasteiger partial charge in [0.15, 0.2) is 5.76 Å². The molecule has 0 radical (unpaired) electrons. The summed E-state index contributed by atoms with van der Waals surface area (Å²) in [6, 6.07) is 11.6. The molecule has 1 aromatic heterocycles. The first-order chi connectivity index (χ1) is 12.0. The molecular formula is C20H24N2O3. The average molecular weight is 340 g/mol. The van der Waals surface area contributed by atoms with Crippen molar-refractivity contribution in [1.82, 2.24) is 9.80 Å². The summed E-state index contributed by atoms with van der Waals surface area (Å²) in [5.41, 5.74) is 2.32. The van der Waals surface area contributed by atoms with Gasteiger partial charge >= 0.3 is 0 Å². The highest BCUT2D eigenvalue weighted by Crippen LogP contribution is 2.21. The van der Waals surface area contributed by atoms with Gasteiger partial charge in [0.05, 0.1) is 12.2 Å². The quantitative estimate of drug-likeness (QED) is 0.859. The molecule has 1 unspecified atom stereocenters. The predicted molar refractivity (Wildman–Crippen MR) is 95.0 cm³/mol. The number of hydrogen-bond donors (Lipinski definition) is 0. The lowest BCUT2D eigenvalue weighted by Gasteiger charge is -2.33. The molecule has 0 spiro atoms. The zero-order chi connectivity index (χ0) is 17.8. The first kappa shape index (κ1) is 17.3. The third-order valence-electron chi connectivity index (χ3n) is 4.71. The maximum atomic E-state index is 12.8. The number of hydrogen-bond acceptors (Lipinski definition) is 3. The summed E-state index contributed by atoms with van der Waals surface area (Å²) in [6.07, 6.45) is 3.15. The van der Waals surface area contributed by atoms with Crippen molar-refractivity contribution >= 4 is 11.8 Å². The highest BCUT2D eigenvalue weighted by molar-refractivity contribution is 5.92. The lowest BCUT2D eigenvalue weighted by molar-refractivity contribution is -0.136. The van der Waals surface area contributed by atoms with Crippen molar-refractivity contribution in [2.45, 2.75) is 26.3 Å². The fraction of sp³-hybridized carbons (Fsp3) is 0.400. The number of carbonyl (C=O) groups excluding carboxylic acids is 2. The molecule has 1 aromatic carbocycles. The second kappa shape index (κ2) is 7.55. The van der Waals surface area contributed by atoms with E-state index in [0.717, 1.165) is 18.4 Å². The molecule has 5 nitrogen and oxygen atoms in total. The van der Waals surface area contributed by atoms with Crippen LogP contribution in [0.15, 0.2) is 47.1 Å². The van der Waals surface area contributed by atoms with Gasteiger partial charge in [0.1, 0.15) is 0 Å². The minimum absolute atomic E-state index is 0.0949. The molecule has 2 amide bonds. The van der Waals surface area contributed by atoms with Crippen LogP contribution in [-0.2, 0) is 11.3 Å². The van der Waals surface area contributed by atoms with Crippen LogP contribution in [0.1, 0.15) is 34.5 Å². The van der Waals surface area contributed by atoms with Crippen molar-refractivity contribution in [3.05, 3.63) is 59.5 Å². The molecule has 1 aliphatic rings. The molecular weight excluding hydrogens is 316 g/mol. The molecule has 0 N–H and O–H groups in total. The highest BCUT2D eigenvalue weighted by atomic mass is 16.3. The Balaban J connectivity index is 1.61. The summed E-state index contributed by atoms with van der Waals surface area (Å²) in [5.74, 6) is 0.144. The van der Waals surface area contributed by atoms with Gasteiger partial charge in [0.25, 0.3) is 5.91 Å². The zero-order valence-electron chi connectivity index (χ0n) is 14.8. The summed E-state index contributed by atoms with van der Waals surface area (Å²) >= 11 is 0. The maximum absolute atomic E-state index is 12.8. The maximum Gasteiger partial charge on any atom is 0.289 e. The number of aryl methyl sites for hydroxylation is 1. The third kappa shape index (κ3) is 4.10. The van der Waals surface area contributed by atoms with E-state index >= 15 is 0 Å². The van der Waals surface area contributed by atoms with Gasteiger partial charge in [0, 0.05) is 26.7 Å². The molecule has 1 fully saturated rings. The topological polar surface area (TPSA) is 53.8 Å². The van der Waals surface area contributed by atoms with Crippen LogP contribution in [-0.4, -0.2) is 41.8 Å². The van der Waals surface area contributed by atoms with E-state index in [2.05, 4.69) is 12.1 Å². The summed E-state index contributed by atoms with van der Waals surface area (Å²) < 4.78 is 5.19. The number of benzene rings is 1. The number of nitrogens with zero attached hydrogens (tertiary/aromatic N) is 2. The van der Waals surface area contributed by atoms with Gasteiger partial charge in [0.2, 0.25) is 5.91 Å². The first-order valence-corrected chi connectivity index (χ1v) is 8.68. The Hall–Kier alpha value is -2.56. The second-order valence-electron chi connectivity index (χ2n) is 6.75. The van der Waals surface area contributed by atoms with Crippen molar-refractivity contribution in [2.24, 2.45) is 5.92 Å². The standard InChI is InChI=1S/C20H24N2O3/c1-15-7-9-16(10-8-15)13-21(2)19(23)17-5-3-11-22(14-17)20(24)18-6-4-12-25-18/h4,6-10,12,17H,3,5,11,13-14H2,1-2H3. The highest BCUT2D eigenvalue weighted by Gasteiger charge is 2.31. The molecule has 25 heavy (non-hydrogen) atoms. The minimum atomic E-state index is -0.150. The van der Waals surface area contributed by atoms with Crippen molar-refractivity contribution in [1.29, 1.82) is 0 Å². The number of piperidine rings is 1. The Morgan fingerprint density at radius 2 is 2.00 bits per heavy atom. The molecule has 0 bridgehead atoms. The number of carbonyl (C=O) groups is 2. The molecule has 1 saturated heterocycles. The lowest BCUT2D eigenvalue weighted by Crippen LogP contribution is -2.45. The smallest absolute Gasteiger partial charge is 0.289 e. The van der Waals surface area contributed by atoms with Gasteiger partial charge in [-0.3, -0.25) is 9.59 Å². The monoisotopic (exact) mass is 340 g/mol. The Labute approximate surface area is 148 Å². The molecule has 1 aliphatic heterocycles. The van der Waals surface area contributed by atoms with Gasteiger partial charge in [-0.2, -0.15) is 0 Å². The number of likely N-dealkylation sites (tertiary alicyclic amines) is 1. The second-order valence-corrected chi connectivity index (χ2v) is 6.75. The van der Waals surface area contributed by atoms with Crippen molar-refractivity contribution in [3.8, 4) is 0 Å². The molecule has 1 atom stereocenters. The Morgan fingerprint density at radius 3 is 2.68 bits per heavy atom. The van der Waals surface area contributed by atoms with E-state index in [9.17, 15) is 9.59 Å². The SMILES string of the molecule is Cc1ccc(CN(C)C(=O)C2CCCN(C(=O)c3ccco3)C2)cc1. The zero-order valence-corrected chi connectivity index (χ0v) is 14.8. The third-order valence-corrected chi connectivity index (χ3v) is 4.71. The minimum Gasteiger partial charge on any atom is -0.459 e. The van der Waals surface area contributed by atoms with Gasteiger partial charge in [-0.15, -0.1) is 0 Å². The van der Waals surface area contributed by atoms with Crippen molar-refractivity contribution in [3.63, 3.8) is 0 Å². The molecule has 2 heterocycles. The van der Waals surface area contributed by atoms with E-state index in [-0.39, 0.29) is 17.7 Å². The fourth-order valence-electron chi connectivity index (χ4n) is 3.28. The van der Waals surface area contributed by atoms with Gasteiger partial charge in [-0.1, -0.05) is 29.8 Å². The van der Waals surface area contributed by atoms with E-state index < -0.39 is 0 Å². The summed E-state index contributed by atoms with van der Waals surface area (Å²) in [6.45, 7) is 3.76.